The molecule has 0 amide bonds. The lowest BCUT2D eigenvalue weighted by atomic mass is 9.75. The van der Waals surface area contributed by atoms with Crippen molar-refractivity contribution in [3.05, 3.63) is 29.1 Å². The maximum atomic E-state index is 14.5. The van der Waals surface area contributed by atoms with Crippen LogP contribution in [0.3, 0.4) is 0 Å². The lowest BCUT2D eigenvalue weighted by Gasteiger charge is -2.37. The molecule has 132 valence electrons. The fraction of sp³-hybridized carbons (Fsp3) is 0.611. The van der Waals surface area contributed by atoms with Crippen molar-refractivity contribution in [3.63, 3.8) is 0 Å². The summed E-state index contributed by atoms with van der Waals surface area (Å²) in [5.41, 5.74) is -0.405. The molecule has 24 heavy (non-hydrogen) atoms. The molecule has 2 saturated carbocycles. The zero-order valence-electron chi connectivity index (χ0n) is 13.6. The van der Waals surface area contributed by atoms with Gasteiger partial charge in [0.15, 0.2) is 0 Å². The highest BCUT2D eigenvalue weighted by atomic mass is 19.3. The molecule has 2 fully saturated rings. The van der Waals surface area contributed by atoms with Crippen LogP contribution in [0.15, 0.2) is 12.1 Å². The van der Waals surface area contributed by atoms with Crippen LogP contribution in [0.5, 0.6) is 5.75 Å². The first-order valence-electron chi connectivity index (χ1n) is 8.27. The average Bonchev–Trinajstić information content (AvgIpc) is 3.33. The molecule has 6 heteroatoms. The zero-order chi connectivity index (χ0) is 17.5. The Kier molecular flexibility index (Phi) is 4.26. The lowest BCUT2D eigenvalue weighted by molar-refractivity contribution is -0.0712. The number of carboxylic acid groups (broad SMARTS) is 1. The monoisotopic (exact) mass is 342 g/mol. The first kappa shape index (κ1) is 17.1. The van der Waals surface area contributed by atoms with E-state index in [0.29, 0.717) is 24.2 Å². The van der Waals surface area contributed by atoms with Gasteiger partial charge in [0.2, 0.25) is 5.92 Å². The van der Waals surface area contributed by atoms with Gasteiger partial charge in [-0.1, -0.05) is 6.92 Å². The Hall–Kier alpha value is -1.72. The van der Waals surface area contributed by atoms with Crippen LogP contribution in [0.2, 0.25) is 0 Å². The molecule has 0 aliphatic heterocycles. The number of benzene rings is 1. The molecule has 0 aromatic heterocycles. The third kappa shape index (κ3) is 3.52. The fourth-order valence-corrected chi connectivity index (χ4v) is 3.23. The summed E-state index contributed by atoms with van der Waals surface area (Å²) in [5.74, 6) is -4.31. The molecule has 3 nitrogen and oxygen atoms in total. The van der Waals surface area contributed by atoms with Crippen LogP contribution in [0, 0.1) is 11.2 Å². The third-order valence-corrected chi connectivity index (χ3v) is 5.12. The normalized spacial score (nSPS) is 22.2. The highest BCUT2D eigenvalue weighted by molar-refractivity contribution is 5.88. The second kappa shape index (κ2) is 5.97. The van der Waals surface area contributed by atoms with Gasteiger partial charge in [0.1, 0.15) is 11.6 Å². The summed E-state index contributed by atoms with van der Waals surface area (Å²) < 4.78 is 46.9. The highest BCUT2D eigenvalue weighted by Crippen LogP contribution is 2.48. The van der Waals surface area contributed by atoms with Crippen molar-refractivity contribution in [1.82, 2.24) is 0 Å². The molecule has 1 aromatic carbocycles. The molecule has 2 aliphatic rings. The Bertz CT molecular complexity index is 643. The standard InChI is InChI=1S/C18H21F3O3/c1-17(6-8-18(20,21)9-7-17)10-24-13-5-4-12(16(22)23)15(19)14(13)11-2-3-11/h4-5,11H,2-3,6-10H2,1H3,(H,22,23). The van der Waals surface area contributed by atoms with Gasteiger partial charge in [-0.3, -0.25) is 0 Å². The maximum Gasteiger partial charge on any atom is 0.338 e. The topological polar surface area (TPSA) is 46.5 Å². The smallest absolute Gasteiger partial charge is 0.338 e. The minimum absolute atomic E-state index is 0.0113. The molecule has 0 saturated heterocycles. The number of ether oxygens (including phenoxy) is 1. The van der Waals surface area contributed by atoms with Gasteiger partial charge >= 0.3 is 5.97 Å². The van der Waals surface area contributed by atoms with E-state index in [1.54, 1.807) is 0 Å². The first-order valence-corrected chi connectivity index (χ1v) is 8.27. The van der Waals surface area contributed by atoms with Gasteiger partial charge in [-0.25, -0.2) is 18.0 Å². The molecular formula is C18H21F3O3. The molecule has 1 N–H and O–H groups in total. The molecule has 0 unspecified atom stereocenters. The van der Waals surface area contributed by atoms with Crippen LogP contribution in [0.4, 0.5) is 13.2 Å². The second-order valence-corrected chi connectivity index (χ2v) is 7.37. The molecule has 0 heterocycles. The van der Waals surface area contributed by atoms with Crippen LogP contribution in [-0.2, 0) is 0 Å². The van der Waals surface area contributed by atoms with Crippen molar-refractivity contribution < 1.29 is 27.8 Å². The van der Waals surface area contributed by atoms with Crippen molar-refractivity contribution in [3.8, 4) is 5.75 Å². The summed E-state index contributed by atoms with van der Waals surface area (Å²) in [6.45, 7) is 2.13. The average molecular weight is 342 g/mol. The number of carbonyl (C=O) groups is 1. The zero-order valence-corrected chi connectivity index (χ0v) is 13.6. The van der Waals surface area contributed by atoms with E-state index in [9.17, 15) is 18.0 Å². The molecule has 0 spiro atoms. The van der Waals surface area contributed by atoms with E-state index in [2.05, 4.69) is 0 Å². The van der Waals surface area contributed by atoms with E-state index in [1.165, 1.54) is 12.1 Å². The molecule has 0 radical (unpaired) electrons. The minimum atomic E-state index is -2.60. The van der Waals surface area contributed by atoms with Gasteiger partial charge in [-0.2, -0.15) is 0 Å². The Morgan fingerprint density at radius 1 is 1.25 bits per heavy atom. The summed E-state index contributed by atoms with van der Waals surface area (Å²) in [5, 5.41) is 9.06. The van der Waals surface area contributed by atoms with Gasteiger partial charge < -0.3 is 9.84 Å². The van der Waals surface area contributed by atoms with Crippen molar-refractivity contribution in [2.24, 2.45) is 5.41 Å². The van der Waals surface area contributed by atoms with Crippen LogP contribution >= 0.6 is 0 Å². The van der Waals surface area contributed by atoms with E-state index in [-0.39, 0.29) is 36.3 Å². The SMILES string of the molecule is CC1(COc2ccc(C(=O)O)c(F)c2C2CC2)CCC(F)(F)CC1. The van der Waals surface area contributed by atoms with E-state index < -0.39 is 17.7 Å². The number of hydrogen-bond donors (Lipinski definition) is 1. The molecule has 1 aromatic rings. The Labute approximate surface area is 138 Å². The molecule has 0 bridgehead atoms. The summed E-state index contributed by atoms with van der Waals surface area (Å²) in [6, 6.07) is 2.69. The summed E-state index contributed by atoms with van der Waals surface area (Å²) >= 11 is 0. The molecule has 2 aliphatic carbocycles. The van der Waals surface area contributed by atoms with Gasteiger partial charge in [-0.05, 0) is 43.7 Å². The van der Waals surface area contributed by atoms with E-state index in [4.69, 9.17) is 9.84 Å². The Morgan fingerprint density at radius 2 is 1.88 bits per heavy atom. The number of halogens is 3. The summed E-state index contributed by atoms with van der Waals surface area (Å²) in [6.07, 6.45) is 2.01. The Balaban J connectivity index is 1.76. The highest BCUT2D eigenvalue weighted by Gasteiger charge is 2.41. The summed E-state index contributed by atoms with van der Waals surface area (Å²) in [4.78, 5) is 11.1. The van der Waals surface area contributed by atoms with Gasteiger partial charge in [0.05, 0.1) is 12.2 Å². The number of carboxylic acids is 1. The second-order valence-electron chi connectivity index (χ2n) is 7.37. The van der Waals surface area contributed by atoms with Crippen LogP contribution in [0.25, 0.3) is 0 Å². The maximum absolute atomic E-state index is 14.5. The molecule has 3 rings (SSSR count). The molecular weight excluding hydrogens is 321 g/mol. The van der Waals surface area contributed by atoms with Crippen molar-refractivity contribution in [2.45, 2.75) is 57.3 Å². The fourth-order valence-electron chi connectivity index (χ4n) is 3.23. The predicted octanol–water partition coefficient (Wildman–Crippen LogP) is 5.00. The number of rotatable bonds is 5. The largest absolute Gasteiger partial charge is 0.493 e. The van der Waals surface area contributed by atoms with Gasteiger partial charge in [-0.15, -0.1) is 0 Å². The minimum Gasteiger partial charge on any atom is -0.493 e. The quantitative estimate of drug-likeness (QED) is 0.819. The van der Waals surface area contributed by atoms with Crippen LogP contribution in [-0.4, -0.2) is 23.6 Å². The van der Waals surface area contributed by atoms with Crippen molar-refractivity contribution >= 4 is 5.97 Å². The first-order chi connectivity index (χ1) is 11.2. The van der Waals surface area contributed by atoms with Gasteiger partial charge in [0, 0.05) is 23.8 Å². The van der Waals surface area contributed by atoms with E-state index in [1.807, 2.05) is 6.92 Å². The number of alkyl halides is 2. The Morgan fingerprint density at radius 3 is 2.42 bits per heavy atom. The van der Waals surface area contributed by atoms with Crippen LogP contribution < -0.4 is 4.74 Å². The predicted molar refractivity (Wildman–Crippen MR) is 82.4 cm³/mol. The van der Waals surface area contributed by atoms with Crippen LogP contribution in [0.1, 0.15) is 67.3 Å². The van der Waals surface area contributed by atoms with E-state index in [0.717, 1.165) is 12.8 Å². The third-order valence-electron chi connectivity index (χ3n) is 5.12. The number of hydrogen-bond acceptors (Lipinski definition) is 2. The number of aromatic carboxylic acids is 1. The molecule has 0 atom stereocenters. The van der Waals surface area contributed by atoms with Gasteiger partial charge in [0.25, 0.3) is 0 Å². The van der Waals surface area contributed by atoms with Crippen molar-refractivity contribution in [1.29, 1.82) is 0 Å². The summed E-state index contributed by atoms with van der Waals surface area (Å²) in [7, 11) is 0. The van der Waals surface area contributed by atoms with E-state index >= 15 is 0 Å². The van der Waals surface area contributed by atoms with Crippen molar-refractivity contribution in [2.75, 3.05) is 6.61 Å². The lowest BCUT2D eigenvalue weighted by Crippen LogP contribution is -2.35.